The van der Waals surface area contributed by atoms with Gasteiger partial charge in [-0.2, -0.15) is 0 Å². The van der Waals surface area contributed by atoms with Gasteiger partial charge in [0.15, 0.2) is 0 Å². The van der Waals surface area contributed by atoms with Gasteiger partial charge >= 0.3 is 6.03 Å². The fraction of sp³-hybridized carbons (Fsp3) is 0.533. The molecule has 20 heavy (non-hydrogen) atoms. The van der Waals surface area contributed by atoms with Gasteiger partial charge in [-0.3, -0.25) is 0 Å². The molecule has 0 aromatic heterocycles. The minimum atomic E-state index is -0.510. The van der Waals surface area contributed by atoms with E-state index >= 15 is 0 Å². The number of nitrogens with one attached hydrogen (secondary N) is 1. The minimum absolute atomic E-state index is 0.0709. The number of nitrogens with zero attached hydrogens (tertiary/aromatic N) is 1. The molecule has 2 N–H and O–H groups in total. The molecule has 0 aliphatic heterocycles. The molecule has 1 aliphatic rings. The van der Waals surface area contributed by atoms with Crippen molar-refractivity contribution in [2.75, 3.05) is 20.1 Å². The van der Waals surface area contributed by atoms with Crippen molar-refractivity contribution in [2.24, 2.45) is 0 Å². The lowest BCUT2D eigenvalue weighted by molar-refractivity contribution is 0.143. The third kappa shape index (κ3) is 3.52. The molecule has 1 aromatic carbocycles. The molecular weight excluding hydrogens is 320 g/mol. The van der Waals surface area contributed by atoms with E-state index in [1.165, 1.54) is 10.5 Å². The smallest absolute Gasteiger partial charge is 0.317 e. The SMILES string of the molecule is CC(O)CN(C)C(=O)NCC1(c2ccccc2Br)CC1. The maximum atomic E-state index is 12.0. The number of carbonyl (C=O) groups excluding carboxylic acids is 1. The highest BCUT2D eigenvalue weighted by molar-refractivity contribution is 9.10. The number of benzene rings is 1. The number of halogens is 1. The van der Waals surface area contributed by atoms with E-state index in [0.717, 1.165) is 17.3 Å². The molecule has 2 rings (SSSR count). The van der Waals surface area contributed by atoms with Gasteiger partial charge in [0, 0.05) is 30.0 Å². The van der Waals surface area contributed by atoms with Crippen LogP contribution in [0.3, 0.4) is 0 Å². The molecule has 2 amide bonds. The quantitative estimate of drug-likeness (QED) is 0.865. The molecule has 0 saturated heterocycles. The third-order valence-electron chi connectivity index (χ3n) is 3.76. The molecule has 1 aliphatic carbocycles. The van der Waals surface area contributed by atoms with E-state index in [1.54, 1.807) is 14.0 Å². The lowest BCUT2D eigenvalue weighted by Gasteiger charge is -2.23. The van der Waals surface area contributed by atoms with E-state index in [4.69, 9.17) is 0 Å². The molecule has 1 unspecified atom stereocenters. The second kappa shape index (κ2) is 6.14. The van der Waals surface area contributed by atoms with E-state index in [1.807, 2.05) is 18.2 Å². The van der Waals surface area contributed by atoms with Crippen molar-refractivity contribution in [3.05, 3.63) is 34.3 Å². The van der Waals surface area contributed by atoms with Gasteiger partial charge in [-0.1, -0.05) is 34.1 Å². The molecule has 5 heteroatoms. The number of hydrogen-bond donors (Lipinski definition) is 2. The Morgan fingerprint density at radius 1 is 1.50 bits per heavy atom. The maximum Gasteiger partial charge on any atom is 0.317 e. The lowest BCUT2D eigenvalue weighted by Crippen LogP contribution is -2.43. The van der Waals surface area contributed by atoms with E-state index < -0.39 is 6.10 Å². The Hall–Kier alpha value is -1.07. The molecule has 0 bridgehead atoms. The largest absolute Gasteiger partial charge is 0.392 e. The number of hydrogen-bond acceptors (Lipinski definition) is 2. The fourth-order valence-corrected chi connectivity index (χ4v) is 3.15. The summed E-state index contributed by atoms with van der Waals surface area (Å²) in [6, 6.07) is 8.05. The highest BCUT2D eigenvalue weighted by atomic mass is 79.9. The summed E-state index contributed by atoms with van der Waals surface area (Å²) in [6.45, 7) is 2.65. The molecule has 0 spiro atoms. The first-order chi connectivity index (χ1) is 9.44. The Labute approximate surface area is 128 Å². The Kier molecular flexibility index (Phi) is 4.70. The van der Waals surface area contributed by atoms with Crippen LogP contribution in [0.25, 0.3) is 0 Å². The second-order valence-corrected chi connectivity index (χ2v) is 6.50. The van der Waals surface area contributed by atoms with Gasteiger partial charge in [-0.05, 0) is 31.4 Å². The average Bonchev–Trinajstić information content (AvgIpc) is 3.16. The summed E-state index contributed by atoms with van der Waals surface area (Å²) < 4.78 is 1.10. The normalized spacial score (nSPS) is 17.4. The summed E-state index contributed by atoms with van der Waals surface area (Å²) in [5, 5.41) is 12.3. The van der Waals surface area contributed by atoms with Crippen molar-refractivity contribution in [1.29, 1.82) is 0 Å². The van der Waals surface area contributed by atoms with Crippen LogP contribution in [0.4, 0.5) is 4.79 Å². The highest BCUT2D eigenvalue weighted by Crippen LogP contribution is 2.49. The summed E-state index contributed by atoms with van der Waals surface area (Å²) in [7, 11) is 1.69. The molecule has 0 radical (unpaired) electrons. The number of aliphatic hydroxyl groups excluding tert-OH is 1. The van der Waals surface area contributed by atoms with Crippen LogP contribution in [0, 0.1) is 0 Å². The number of urea groups is 1. The van der Waals surface area contributed by atoms with Crippen molar-refractivity contribution in [1.82, 2.24) is 10.2 Å². The number of carbonyl (C=O) groups is 1. The van der Waals surface area contributed by atoms with Crippen LogP contribution >= 0.6 is 15.9 Å². The van der Waals surface area contributed by atoms with Gasteiger partial charge in [0.1, 0.15) is 0 Å². The molecule has 0 heterocycles. The van der Waals surface area contributed by atoms with E-state index in [2.05, 4.69) is 27.3 Å². The highest BCUT2D eigenvalue weighted by Gasteiger charge is 2.45. The third-order valence-corrected chi connectivity index (χ3v) is 4.45. The van der Waals surface area contributed by atoms with Gasteiger partial charge in [0.2, 0.25) is 0 Å². The van der Waals surface area contributed by atoms with E-state index in [9.17, 15) is 9.90 Å². The van der Waals surface area contributed by atoms with Crippen molar-refractivity contribution in [3.63, 3.8) is 0 Å². The van der Waals surface area contributed by atoms with Crippen LogP contribution < -0.4 is 5.32 Å². The molecule has 1 saturated carbocycles. The number of aliphatic hydroxyl groups is 1. The zero-order valence-corrected chi connectivity index (χ0v) is 13.5. The monoisotopic (exact) mass is 340 g/mol. The first-order valence-electron chi connectivity index (χ1n) is 6.87. The van der Waals surface area contributed by atoms with E-state index in [-0.39, 0.29) is 11.4 Å². The van der Waals surface area contributed by atoms with Gasteiger partial charge in [0.25, 0.3) is 0 Å². The van der Waals surface area contributed by atoms with Crippen LogP contribution in [-0.2, 0) is 5.41 Å². The lowest BCUT2D eigenvalue weighted by atomic mass is 9.96. The summed E-state index contributed by atoms with van der Waals surface area (Å²) in [6.07, 6.45) is 1.68. The Morgan fingerprint density at radius 3 is 2.70 bits per heavy atom. The fourth-order valence-electron chi connectivity index (χ4n) is 2.44. The Bertz CT molecular complexity index is 487. The second-order valence-electron chi connectivity index (χ2n) is 5.65. The van der Waals surface area contributed by atoms with Gasteiger partial charge < -0.3 is 15.3 Å². The number of rotatable bonds is 5. The van der Waals surface area contributed by atoms with Gasteiger partial charge in [-0.25, -0.2) is 4.79 Å². The van der Waals surface area contributed by atoms with Crippen molar-refractivity contribution < 1.29 is 9.90 Å². The standard InChI is InChI=1S/C15H21BrN2O2/c1-11(19)9-18(2)14(20)17-10-15(7-8-15)12-5-3-4-6-13(12)16/h3-6,11,19H,7-10H2,1-2H3,(H,17,20). The minimum Gasteiger partial charge on any atom is -0.392 e. The molecule has 1 atom stereocenters. The first-order valence-corrected chi connectivity index (χ1v) is 7.66. The van der Waals surface area contributed by atoms with Crippen LogP contribution in [0.15, 0.2) is 28.7 Å². The summed E-state index contributed by atoms with van der Waals surface area (Å²) in [4.78, 5) is 13.5. The van der Waals surface area contributed by atoms with Crippen LogP contribution in [-0.4, -0.2) is 42.3 Å². The average molecular weight is 341 g/mol. The zero-order chi connectivity index (χ0) is 14.8. The van der Waals surface area contributed by atoms with Crippen LogP contribution in [0.2, 0.25) is 0 Å². The molecular formula is C15H21BrN2O2. The van der Waals surface area contributed by atoms with Crippen LogP contribution in [0.5, 0.6) is 0 Å². The molecule has 1 aromatic rings. The first kappa shape index (κ1) is 15.3. The van der Waals surface area contributed by atoms with E-state index in [0.29, 0.717) is 13.1 Å². The summed E-state index contributed by atoms with van der Waals surface area (Å²) >= 11 is 3.58. The Morgan fingerprint density at radius 2 is 2.15 bits per heavy atom. The summed E-state index contributed by atoms with van der Waals surface area (Å²) in [5.74, 6) is 0. The van der Waals surface area contributed by atoms with Crippen molar-refractivity contribution in [3.8, 4) is 0 Å². The van der Waals surface area contributed by atoms with Crippen molar-refractivity contribution in [2.45, 2.75) is 31.3 Å². The zero-order valence-electron chi connectivity index (χ0n) is 11.9. The van der Waals surface area contributed by atoms with Gasteiger partial charge in [-0.15, -0.1) is 0 Å². The number of likely N-dealkylation sites (N-methyl/N-ethyl adjacent to an activating group) is 1. The maximum absolute atomic E-state index is 12.0. The predicted octanol–water partition coefficient (Wildman–Crippen LogP) is 2.50. The summed E-state index contributed by atoms with van der Waals surface area (Å²) in [5.41, 5.74) is 1.33. The predicted molar refractivity (Wildman–Crippen MR) is 82.8 cm³/mol. The molecule has 110 valence electrons. The van der Waals surface area contributed by atoms with Crippen molar-refractivity contribution >= 4 is 22.0 Å². The topological polar surface area (TPSA) is 52.6 Å². The molecule has 1 fully saturated rings. The van der Waals surface area contributed by atoms with Gasteiger partial charge in [0.05, 0.1) is 6.10 Å². The molecule has 4 nitrogen and oxygen atoms in total. The number of amides is 2. The van der Waals surface area contributed by atoms with Crippen LogP contribution in [0.1, 0.15) is 25.3 Å². The Balaban J connectivity index is 1.94.